The van der Waals surface area contributed by atoms with Crippen LogP contribution in [0.5, 0.6) is 5.88 Å². The summed E-state index contributed by atoms with van der Waals surface area (Å²) in [6, 6.07) is 19.9. The number of esters is 1. The van der Waals surface area contributed by atoms with Crippen molar-refractivity contribution in [1.29, 1.82) is 0 Å². The second-order valence-electron chi connectivity index (χ2n) is 9.89. The number of amides is 1. The van der Waals surface area contributed by atoms with E-state index in [1.54, 1.807) is 42.2 Å². The number of fused-ring (bicyclic) bond motifs is 1. The molecule has 3 N–H and O–H groups in total. The third-order valence-electron chi connectivity index (χ3n) is 7.19. The van der Waals surface area contributed by atoms with Crippen LogP contribution in [0, 0.1) is 6.92 Å². The van der Waals surface area contributed by atoms with Crippen LogP contribution in [0.25, 0.3) is 10.9 Å². The lowest BCUT2D eigenvalue weighted by atomic mass is 9.98. The van der Waals surface area contributed by atoms with Crippen LogP contribution >= 0.6 is 0 Å². The number of aromatic amines is 1. The van der Waals surface area contributed by atoms with E-state index in [1.807, 2.05) is 41.3 Å². The van der Waals surface area contributed by atoms with E-state index >= 15 is 0 Å². The fraction of sp³-hybridized carbons (Fsp3) is 0.226. The second-order valence-corrected chi connectivity index (χ2v) is 9.89. The van der Waals surface area contributed by atoms with Crippen LogP contribution in [-0.2, 0) is 9.53 Å². The molecule has 1 fully saturated rings. The van der Waals surface area contributed by atoms with Crippen molar-refractivity contribution in [2.75, 3.05) is 39.8 Å². The monoisotopic (exact) mass is 554 g/mol. The van der Waals surface area contributed by atoms with E-state index < -0.39 is 11.9 Å². The zero-order valence-electron chi connectivity index (χ0n) is 22.8. The van der Waals surface area contributed by atoms with Crippen LogP contribution in [0.4, 0.5) is 5.69 Å². The van der Waals surface area contributed by atoms with E-state index in [2.05, 4.69) is 4.98 Å². The highest BCUT2D eigenvalue weighted by Gasteiger charge is 2.24. The van der Waals surface area contributed by atoms with Crippen LogP contribution in [-0.4, -0.2) is 88.4 Å². The molecular formula is C31H30N4O6. The number of aliphatic carboxylic acids is 1. The highest BCUT2D eigenvalue weighted by atomic mass is 16.5. The summed E-state index contributed by atoms with van der Waals surface area (Å²) in [7, 11) is 1.32. The number of piperazine rings is 1. The minimum absolute atomic E-state index is 0.0313. The van der Waals surface area contributed by atoms with E-state index in [0.717, 1.165) is 5.56 Å². The van der Waals surface area contributed by atoms with E-state index in [4.69, 9.17) is 14.8 Å². The average Bonchev–Trinajstić information content (AvgIpc) is 3.29. The lowest BCUT2D eigenvalue weighted by Gasteiger charge is -2.33. The third-order valence-corrected chi connectivity index (χ3v) is 7.19. The molecule has 5 rings (SSSR count). The lowest BCUT2D eigenvalue weighted by molar-refractivity contribution is -0.138. The number of methoxy groups -OCH3 is 1. The summed E-state index contributed by atoms with van der Waals surface area (Å²) in [4.78, 5) is 47.7. The van der Waals surface area contributed by atoms with E-state index in [9.17, 15) is 19.5 Å². The van der Waals surface area contributed by atoms with Gasteiger partial charge in [0.25, 0.3) is 5.91 Å². The summed E-state index contributed by atoms with van der Waals surface area (Å²) < 4.78 is 4.89. The molecule has 41 heavy (non-hydrogen) atoms. The number of ether oxygens (including phenoxy) is 1. The standard InChI is InChI=1S/C31H30N4O6/c1-19-16-24-25(17-23(19)31(40)41-2)33-29(38)27(24)28(20-6-4-3-5-7-20)32-22-10-8-21(9-11-22)30(39)35-14-12-34(13-15-35)18-26(36)37/h3-11,16-17,33,38H,12-15,18H2,1-2H3,(H,36,37). The van der Waals surface area contributed by atoms with Gasteiger partial charge in [0.05, 0.1) is 36.2 Å². The second kappa shape index (κ2) is 11.6. The quantitative estimate of drug-likeness (QED) is 0.232. The molecule has 0 saturated carbocycles. The van der Waals surface area contributed by atoms with E-state index in [1.165, 1.54) is 7.11 Å². The maximum Gasteiger partial charge on any atom is 0.338 e. The van der Waals surface area contributed by atoms with Gasteiger partial charge >= 0.3 is 11.9 Å². The number of carbonyl (C=O) groups is 3. The highest BCUT2D eigenvalue weighted by molar-refractivity contribution is 6.22. The SMILES string of the molecule is COC(=O)c1cc2[nH]c(O)c(C(=Nc3ccc(C(=O)N4CCN(CC(=O)O)CC4)cc3)c3ccccc3)c2cc1C. The Hall–Kier alpha value is -4.96. The molecule has 10 heteroatoms. The number of hydrogen-bond donors (Lipinski definition) is 3. The van der Waals surface area contributed by atoms with Gasteiger partial charge in [-0.3, -0.25) is 14.5 Å². The van der Waals surface area contributed by atoms with Gasteiger partial charge in [0.2, 0.25) is 0 Å². The van der Waals surface area contributed by atoms with Crippen LogP contribution in [0.2, 0.25) is 0 Å². The number of nitrogens with zero attached hydrogens (tertiary/aromatic N) is 3. The summed E-state index contributed by atoms with van der Waals surface area (Å²) in [6.07, 6.45) is 0. The van der Waals surface area contributed by atoms with Gasteiger partial charge in [-0.1, -0.05) is 30.3 Å². The van der Waals surface area contributed by atoms with Crippen molar-refractivity contribution in [3.8, 4) is 5.88 Å². The topological polar surface area (TPSA) is 136 Å². The van der Waals surface area contributed by atoms with Crippen molar-refractivity contribution in [2.24, 2.45) is 4.99 Å². The van der Waals surface area contributed by atoms with Gasteiger partial charge in [-0.25, -0.2) is 9.79 Å². The van der Waals surface area contributed by atoms with E-state index in [0.29, 0.717) is 70.7 Å². The van der Waals surface area contributed by atoms with Gasteiger partial charge in [0.1, 0.15) is 0 Å². The number of benzene rings is 3. The zero-order valence-corrected chi connectivity index (χ0v) is 22.8. The molecule has 0 radical (unpaired) electrons. The first-order chi connectivity index (χ1) is 19.7. The number of rotatable bonds is 7. The van der Waals surface area contributed by atoms with Crippen molar-refractivity contribution in [2.45, 2.75) is 6.92 Å². The van der Waals surface area contributed by atoms with Crippen LogP contribution < -0.4 is 0 Å². The first kappa shape index (κ1) is 27.6. The third kappa shape index (κ3) is 5.82. The molecule has 2 heterocycles. The Bertz CT molecular complexity index is 1630. The normalized spacial score (nSPS) is 14.3. The minimum atomic E-state index is -0.877. The van der Waals surface area contributed by atoms with Crippen LogP contribution in [0.1, 0.15) is 37.4 Å². The molecule has 0 bridgehead atoms. The maximum absolute atomic E-state index is 13.1. The molecule has 1 saturated heterocycles. The Balaban J connectivity index is 1.47. The predicted octanol–water partition coefficient (Wildman–Crippen LogP) is 3.98. The number of aryl methyl sites for hydroxylation is 1. The van der Waals surface area contributed by atoms with Crippen LogP contribution in [0.3, 0.4) is 0 Å². The van der Waals surface area contributed by atoms with Gasteiger partial charge in [0.15, 0.2) is 5.88 Å². The number of carboxylic acids is 1. The lowest BCUT2D eigenvalue weighted by Crippen LogP contribution is -2.49. The summed E-state index contributed by atoms with van der Waals surface area (Å²) in [5, 5.41) is 20.7. The first-order valence-electron chi connectivity index (χ1n) is 13.2. The van der Waals surface area contributed by atoms with Gasteiger partial charge < -0.3 is 24.8 Å². The van der Waals surface area contributed by atoms with Gasteiger partial charge in [0, 0.05) is 48.2 Å². The van der Waals surface area contributed by atoms with Crippen molar-refractivity contribution in [1.82, 2.24) is 14.8 Å². The molecule has 10 nitrogen and oxygen atoms in total. The predicted molar refractivity (Wildman–Crippen MR) is 154 cm³/mol. The van der Waals surface area contributed by atoms with Crippen molar-refractivity contribution < 1.29 is 29.3 Å². The number of aromatic nitrogens is 1. The summed E-state index contributed by atoms with van der Waals surface area (Å²) >= 11 is 0. The number of carbonyl (C=O) groups excluding carboxylic acids is 2. The summed E-state index contributed by atoms with van der Waals surface area (Å²) in [5.41, 5.74) is 4.55. The molecule has 3 aromatic carbocycles. The van der Waals surface area contributed by atoms with E-state index in [-0.39, 0.29) is 18.3 Å². The molecule has 0 atom stereocenters. The molecule has 0 spiro atoms. The Kier molecular flexibility index (Phi) is 7.84. The first-order valence-corrected chi connectivity index (χ1v) is 13.2. The summed E-state index contributed by atoms with van der Waals surface area (Å²) in [5.74, 6) is -1.55. The Morgan fingerprint density at radius 2 is 1.63 bits per heavy atom. The van der Waals surface area contributed by atoms with Crippen molar-refractivity contribution in [3.05, 3.63) is 94.5 Å². The van der Waals surface area contributed by atoms with Gasteiger partial charge in [-0.15, -0.1) is 0 Å². The maximum atomic E-state index is 13.1. The number of hydrogen-bond acceptors (Lipinski definition) is 7. The number of aliphatic imine (C=N–C) groups is 1. The largest absolute Gasteiger partial charge is 0.494 e. The van der Waals surface area contributed by atoms with Gasteiger partial charge in [-0.05, 0) is 48.9 Å². The Morgan fingerprint density at radius 3 is 2.27 bits per heavy atom. The molecular weight excluding hydrogens is 524 g/mol. The fourth-order valence-electron chi connectivity index (χ4n) is 5.06. The number of H-pyrrole nitrogens is 1. The molecule has 0 unspecified atom stereocenters. The molecule has 1 aliphatic rings. The molecule has 1 amide bonds. The molecule has 1 aliphatic heterocycles. The molecule has 210 valence electrons. The smallest absolute Gasteiger partial charge is 0.338 e. The molecule has 0 aliphatic carbocycles. The number of aromatic hydroxyl groups is 1. The minimum Gasteiger partial charge on any atom is -0.494 e. The summed E-state index contributed by atoms with van der Waals surface area (Å²) in [6.45, 7) is 3.71. The average molecular weight is 555 g/mol. The Labute approximate surface area is 236 Å². The highest BCUT2D eigenvalue weighted by Crippen LogP contribution is 2.33. The van der Waals surface area contributed by atoms with Crippen LogP contribution in [0.15, 0.2) is 71.7 Å². The van der Waals surface area contributed by atoms with Gasteiger partial charge in [-0.2, -0.15) is 0 Å². The Morgan fingerprint density at radius 1 is 0.951 bits per heavy atom. The number of nitrogens with one attached hydrogen (secondary N) is 1. The molecule has 4 aromatic rings. The van der Waals surface area contributed by atoms with Crippen molar-refractivity contribution >= 4 is 40.1 Å². The van der Waals surface area contributed by atoms with Crippen molar-refractivity contribution in [3.63, 3.8) is 0 Å². The molecule has 1 aromatic heterocycles. The zero-order chi connectivity index (χ0) is 29.1. The fourth-order valence-corrected chi connectivity index (χ4v) is 5.06. The number of carboxylic acid groups (broad SMARTS) is 1.